The first kappa shape index (κ1) is 13.5. The molecule has 3 aromatic heterocycles. The molecule has 20 heavy (non-hydrogen) atoms. The Labute approximate surface area is 128 Å². The third kappa shape index (κ3) is 2.56. The molecule has 0 unspecified atom stereocenters. The van der Waals surface area contributed by atoms with Crippen LogP contribution in [0.15, 0.2) is 20.8 Å². The molecule has 0 aliphatic rings. The van der Waals surface area contributed by atoms with E-state index in [9.17, 15) is 0 Å². The van der Waals surface area contributed by atoms with Crippen molar-refractivity contribution in [3.05, 3.63) is 11.4 Å². The first-order valence-electron chi connectivity index (χ1n) is 5.79. The predicted octanol–water partition coefficient (Wildman–Crippen LogP) is 2.80. The van der Waals surface area contributed by atoms with Gasteiger partial charge in [-0.1, -0.05) is 11.3 Å². The predicted molar refractivity (Wildman–Crippen MR) is 85.3 cm³/mol. The van der Waals surface area contributed by atoms with E-state index in [1.807, 2.05) is 37.5 Å². The van der Waals surface area contributed by atoms with Gasteiger partial charge < -0.3 is 10.2 Å². The molecule has 6 nitrogen and oxygen atoms in total. The van der Waals surface area contributed by atoms with Crippen LogP contribution in [0.5, 0.6) is 0 Å². The average molecular weight is 324 g/mol. The lowest BCUT2D eigenvalue weighted by Gasteiger charge is -2.04. The second kappa shape index (κ2) is 5.51. The van der Waals surface area contributed by atoms with Crippen LogP contribution in [-0.2, 0) is 0 Å². The van der Waals surface area contributed by atoms with Crippen molar-refractivity contribution >= 4 is 55.7 Å². The molecule has 0 saturated heterocycles. The van der Waals surface area contributed by atoms with E-state index < -0.39 is 0 Å². The Balaban J connectivity index is 1.98. The van der Waals surface area contributed by atoms with Gasteiger partial charge in [0.2, 0.25) is 11.1 Å². The van der Waals surface area contributed by atoms with E-state index in [1.54, 1.807) is 22.7 Å². The normalized spacial score (nSPS) is 10.9. The summed E-state index contributed by atoms with van der Waals surface area (Å²) in [6.07, 6.45) is 0. The van der Waals surface area contributed by atoms with Gasteiger partial charge in [0.05, 0.1) is 0 Å². The van der Waals surface area contributed by atoms with Crippen LogP contribution >= 0.6 is 34.4 Å². The first-order chi connectivity index (χ1) is 9.67. The highest BCUT2D eigenvalue weighted by Gasteiger charge is 2.13. The van der Waals surface area contributed by atoms with E-state index in [0.29, 0.717) is 5.95 Å². The zero-order valence-electron chi connectivity index (χ0n) is 11.1. The first-order valence-corrected chi connectivity index (χ1v) is 8.30. The Morgan fingerprint density at radius 3 is 2.80 bits per heavy atom. The maximum absolute atomic E-state index is 4.51. The van der Waals surface area contributed by atoms with Crippen LogP contribution in [0.3, 0.4) is 0 Å². The highest BCUT2D eigenvalue weighted by Crippen LogP contribution is 2.36. The summed E-state index contributed by atoms with van der Waals surface area (Å²) in [7, 11) is 5.73. The Hall–Kier alpha value is -1.45. The number of rotatable bonds is 4. The van der Waals surface area contributed by atoms with Gasteiger partial charge in [-0.25, -0.2) is 9.97 Å². The summed E-state index contributed by atoms with van der Waals surface area (Å²) in [6, 6.07) is 2.04. The smallest absolute Gasteiger partial charge is 0.224 e. The molecule has 0 spiro atoms. The van der Waals surface area contributed by atoms with Crippen LogP contribution in [0.25, 0.3) is 10.2 Å². The summed E-state index contributed by atoms with van der Waals surface area (Å²) in [5.74, 6) is 0.625. The molecule has 3 aromatic rings. The maximum Gasteiger partial charge on any atom is 0.224 e. The van der Waals surface area contributed by atoms with Gasteiger partial charge in [-0.15, -0.1) is 21.5 Å². The van der Waals surface area contributed by atoms with Gasteiger partial charge in [-0.05, 0) is 23.2 Å². The van der Waals surface area contributed by atoms with Gasteiger partial charge in [0.15, 0.2) is 4.34 Å². The van der Waals surface area contributed by atoms with Crippen LogP contribution in [0, 0.1) is 0 Å². The van der Waals surface area contributed by atoms with Crippen molar-refractivity contribution in [3.63, 3.8) is 0 Å². The lowest BCUT2D eigenvalue weighted by molar-refractivity contribution is 0.971. The van der Waals surface area contributed by atoms with Gasteiger partial charge >= 0.3 is 0 Å². The van der Waals surface area contributed by atoms with E-state index in [-0.39, 0.29) is 0 Å². The molecule has 0 aliphatic heterocycles. The molecule has 0 bridgehead atoms. The Morgan fingerprint density at radius 1 is 1.25 bits per heavy atom. The van der Waals surface area contributed by atoms with Gasteiger partial charge in [0.25, 0.3) is 0 Å². The Morgan fingerprint density at radius 2 is 2.10 bits per heavy atom. The van der Waals surface area contributed by atoms with Gasteiger partial charge in [-0.2, -0.15) is 0 Å². The molecule has 0 amide bonds. The van der Waals surface area contributed by atoms with Crippen molar-refractivity contribution in [2.24, 2.45) is 0 Å². The second-order valence-corrected chi connectivity index (χ2v) is 7.18. The monoisotopic (exact) mass is 324 g/mol. The number of nitrogens with one attached hydrogen (secondary N) is 1. The fourth-order valence-electron chi connectivity index (χ4n) is 1.53. The maximum atomic E-state index is 4.51. The molecule has 9 heteroatoms. The fourth-order valence-corrected chi connectivity index (χ4v) is 4.14. The average Bonchev–Trinajstić information content (AvgIpc) is 3.06. The van der Waals surface area contributed by atoms with Gasteiger partial charge in [-0.3, -0.25) is 0 Å². The summed E-state index contributed by atoms with van der Waals surface area (Å²) in [5.41, 5.74) is 0. The lowest BCUT2D eigenvalue weighted by Crippen LogP contribution is -2.07. The summed E-state index contributed by atoms with van der Waals surface area (Å²) < 4.78 is 0.877. The Kier molecular flexibility index (Phi) is 3.72. The van der Waals surface area contributed by atoms with Gasteiger partial charge in [0.1, 0.15) is 9.86 Å². The standard InChI is InChI=1S/C11H12N6S3/c1-12-9-13-7-6(4-5-18-7)8(14-9)19-11-16-15-10(20-11)17(2)3/h4-5H,1-3H3,(H,12,13,14). The fraction of sp³-hybridized carbons (Fsp3) is 0.273. The summed E-state index contributed by atoms with van der Waals surface area (Å²) in [5, 5.41) is 16.2. The molecular formula is C11H12N6S3. The quantitative estimate of drug-likeness (QED) is 0.740. The molecular weight excluding hydrogens is 312 g/mol. The number of aromatic nitrogens is 4. The molecule has 3 rings (SSSR count). The minimum absolute atomic E-state index is 0.625. The topological polar surface area (TPSA) is 66.8 Å². The summed E-state index contributed by atoms with van der Waals surface area (Å²) in [6.45, 7) is 0. The van der Waals surface area contributed by atoms with E-state index in [2.05, 4.69) is 25.5 Å². The summed E-state index contributed by atoms with van der Waals surface area (Å²) >= 11 is 4.68. The number of thiophene rings is 1. The van der Waals surface area contributed by atoms with Crippen LogP contribution in [0.2, 0.25) is 0 Å². The second-order valence-electron chi connectivity index (χ2n) is 4.09. The van der Waals surface area contributed by atoms with Crippen molar-refractivity contribution in [1.29, 1.82) is 0 Å². The zero-order valence-corrected chi connectivity index (χ0v) is 13.6. The molecule has 104 valence electrons. The van der Waals surface area contributed by atoms with E-state index in [4.69, 9.17) is 0 Å². The minimum Gasteiger partial charge on any atom is -0.357 e. The number of nitrogens with zero attached hydrogens (tertiary/aromatic N) is 5. The van der Waals surface area contributed by atoms with Crippen LogP contribution < -0.4 is 10.2 Å². The molecule has 0 fully saturated rings. The van der Waals surface area contributed by atoms with Crippen molar-refractivity contribution in [3.8, 4) is 0 Å². The minimum atomic E-state index is 0.625. The SMILES string of the molecule is CNc1nc(Sc2nnc(N(C)C)s2)c2ccsc2n1. The third-order valence-corrected chi connectivity index (χ3v) is 5.43. The number of fused-ring (bicyclic) bond motifs is 1. The molecule has 0 atom stereocenters. The lowest BCUT2D eigenvalue weighted by atomic mass is 10.4. The Bertz CT molecular complexity index is 735. The van der Waals surface area contributed by atoms with Crippen molar-refractivity contribution < 1.29 is 0 Å². The van der Waals surface area contributed by atoms with E-state index in [0.717, 1.165) is 24.7 Å². The molecule has 0 aliphatic carbocycles. The largest absolute Gasteiger partial charge is 0.357 e. The van der Waals surface area contributed by atoms with Gasteiger partial charge in [0, 0.05) is 26.5 Å². The highest BCUT2D eigenvalue weighted by atomic mass is 32.2. The van der Waals surface area contributed by atoms with E-state index in [1.165, 1.54) is 11.8 Å². The highest BCUT2D eigenvalue weighted by molar-refractivity contribution is 8.01. The van der Waals surface area contributed by atoms with Crippen molar-refractivity contribution in [2.75, 3.05) is 31.4 Å². The zero-order chi connectivity index (χ0) is 14.1. The van der Waals surface area contributed by atoms with Crippen LogP contribution in [0.4, 0.5) is 11.1 Å². The number of anilines is 2. The van der Waals surface area contributed by atoms with Crippen molar-refractivity contribution in [2.45, 2.75) is 9.37 Å². The molecule has 0 aromatic carbocycles. The van der Waals surface area contributed by atoms with Crippen LogP contribution in [-0.4, -0.2) is 41.3 Å². The third-order valence-electron chi connectivity index (χ3n) is 2.48. The molecule has 0 saturated carbocycles. The number of hydrogen-bond acceptors (Lipinski definition) is 9. The van der Waals surface area contributed by atoms with Crippen LogP contribution in [0.1, 0.15) is 0 Å². The summed E-state index contributed by atoms with van der Waals surface area (Å²) in [4.78, 5) is 11.9. The molecule has 1 N–H and O–H groups in total. The number of hydrogen-bond donors (Lipinski definition) is 1. The van der Waals surface area contributed by atoms with E-state index >= 15 is 0 Å². The van der Waals surface area contributed by atoms with Crippen molar-refractivity contribution in [1.82, 2.24) is 20.2 Å². The molecule has 0 radical (unpaired) electrons. The molecule has 3 heterocycles.